The van der Waals surface area contributed by atoms with Crippen LogP contribution in [0, 0.1) is 0 Å². The Morgan fingerprint density at radius 3 is 2.34 bits per heavy atom. The maximum absolute atomic E-state index is 11.1. The molecule has 1 fully saturated rings. The van der Waals surface area contributed by atoms with Crippen molar-refractivity contribution in [1.29, 1.82) is 0 Å². The monoisotopic (exact) mass is 421 g/mol. The Bertz CT molecular complexity index is 1180. The fraction of sp³-hybridized carbons (Fsp3) is 0.207. The van der Waals surface area contributed by atoms with Gasteiger partial charge in [0.15, 0.2) is 0 Å². The molecule has 5 rings (SSSR count). The highest BCUT2D eigenvalue weighted by Gasteiger charge is 2.40. The van der Waals surface area contributed by atoms with Crippen molar-refractivity contribution >= 4 is 35.1 Å². The summed E-state index contributed by atoms with van der Waals surface area (Å²) in [7, 11) is 0. The van der Waals surface area contributed by atoms with Crippen molar-refractivity contribution in [2.75, 3.05) is 4.90 Å². The van der Waals surface area contributed by atoms with Gasteiger partial charge in [-0.3, -0.25) is 0 Å². The van der Waals surface area contributed by atoms with Gasteiger partial charge in [-0.05, 0) is 59.4 Å². The average Bonchev–Trinajstić information content (AvgIpc) is 3.17. The molecule has 32 heavy (non-hydrogen) atoms. The molecular weight excluding hydrogens is 394 g/mol. The predicted octanol–water partition coefficient (Wildman–Crippen LogP) is 7.13. The Hall–Kier alpha value is -3.59. The van der Waals surface area contributed by atoms with Gasteiger partial charge in [-0.15, -0.1) is 0 Å². The molecule has 1 N–H and O–H groups in total. The van der Waals surface area contributed by atoms with E-state index in [0.717, 1.165) is 5.56 Å². The summed E-state index contributed by atoms with van der Waals surface area (Å²) >= 11 is 0. The minimum Gasteiger partial charge on any atom is -0.478 e. The SMILES string of the molecule is C=C(C(=O)O)c1ccc(C=Cc2ccc3c(c2)C2CCCCC2N3c2ccccc2)cc1. The minimum atomic E-state index is -0.989. The maximum Gasteiger partial charge on any atom is 0.335 e. The van der Waals surface area contributed by atoms with Gasteiger partial charge in [0.05, 0.1) is 5.57 Å². The molecule has 160 valence electrons. The summed E-state index contributed by atoms with van der Waals surface area (Å²) in [4.78, 5) is 13.6. The smallest absolute Gasteiger partial charge is 0.335 e. The largest absolute Gasteiger partial charge is 0.478 e. The molecule has 0 radical (unpaired) electrons. The second-order valence-electron chi connectivity index (χ2n) is 8.72. The lowest BCUT2D eigenvalue weighted by Gasteiger charge is -2.33. The molecule has 2 unspecified atom stereocenters. The molecule has 1 aliphatic carbocycles. The first-order valence-electron chi connectivity index (χ1n) is 11.3. The molecule has 0 saturated heterocycles. The molecule has 1 saturated carbocycles. The number of carboxylic acids is 1. The summed E-state index contributed by atoms with van der Waals surface area (Å²) in [5, 5.41) is 9.09. The van der Waals surface area contributed by atoms with Crippen LogP contribution in [0.2, 0.25) is 0 Å². The van der Waals surface area contributed by atoms with Crippen LogP contribution in [0.3, 0.4) is 0 Å². The number of hydrogen-bond donors (Lipinski definition) is 1. The number of hydrogen-bond acceptors (Lipinski definition) is 2. The van der Waals surface area contributed by atoms with Crippen LogP contribution >= 0.6 is 0 Å². The van der Waals surface area contributed by atoms with E-state index in [-0.39, 0.29) is 5.57 Å². The van der Waals surface area contributed by atoms with Crippen LogP contribution < -0.4 is 4.90 Å². The second-order valence-corrected chi connectivity index (χ2v) is 8.72. The average molecular weight is 422 g/mol. The van der Waals surface area contributed by atoms with Gasteiger partial charge in [0.25, 0.3) is 0 Å². The molecule has 0 spiro atoms. The zero-order valence-corrected chi connectivity index (χ0v) is 18.1. The standard InChI is InChI=1S/C29H27NO2/c1-20(29(31)32)23-16-13-21(14-17-23)11-12-22-15-18-28-26(19-22)25-9-5-6-10-27(25)30(28)24-7-3-2-4-8-24/h2-4,7-8,11-19,25,27H,1,5-6,9-10H2,(H,31,32). The first-order valence-corrected chi connectivity index (χ1v) is 11.3. The topological polar surface area (TPSA) is 40.5 Å². The van der Waals surface area contributed by atoms with E-state index in [1.807, 2.05) is 24.3 Å². The molecule has 1 aliphatic heterocycles. The number of fused-ring (bicyclic) bond motifs is 3. The first kappa shape index (κ1) is 20.3. The third kappa shape index (κ3) is 3.75. The Morgan fingerprint density at radius 2 is 1.59 bits per heavy atom. The Labute approximate surface area is 189 Å². The van der Waals surface area contributed by atoms with Gasteiger partial charge in [-0.25, -0.2) is 4.79 Å². The van der Waals surface area contributed by atoms with Crippen molar-refractivity contribution in [2.45, 2.75) is 37.6 Å². The van der Waals surface area contributed by atoms with E-state index < -0.39 is 5.97 Å². The van der Waals surface area contributed by atoms with Gasteiger partial charge in [0, 0.05) is 23.3 Å². The lowest BCUT2D eigenvalue weighted by atomic mass is 9.82. The highest BCUT2D eigenvalue weighted by molar-refractivity contribution is 6.14. The molecule has 3 nitrogen and oxygen atoms in total. The Morgan fingerprint density at radius 1 is 0.906 bits per heavy atom. The lowest BCUT2D eigenvalue weighted by Crippen LogP contribution is -2.32. The molecule has 0 aromatic heterocycles. The van der Waals surface area contributed by atoms with Crippen molar-refractivity contribution in [2.24, 2.45) is 0 Å². The number of nitrogens with zero attached hydrogens (tertiary/aromatic N) is 1. The summed E-state index contributed by atoms with van der Waals surface area (Å²) in [6.45, 7) is 3.62. The van der Waals surface area contributed by atoms with E-state index in [9.17, 15) is 4.79 Å². The van der Waals surface area contributed by atoms with E-state index in [4.69, 9.17) is 5.11 Å². The Kier molecular flexibility index (Phi) is 5.40. The number of anilines is 2. The summed E-state index contributed by atoms with van der Waals surface area (Å²) < 4.78 is 0. The zero-order valence-electron chi connectivity index (χ0n) is 18.1. The molecule has 3 aromatic carbocycles. The van der Waals surface area contributed by atoms with Crippen molar-refractivity contribution in [3.8, 4) is 0 Å². The van der Waals surface area contributed by atoms with Crippen LogP contribution in [0.1, 0.15) is 53.9 Å². The quantitative estimate of drug-likeness (QED) is 0.352. The normalized spacial score (nSPS) is 19.6. The van der Waals surface area contributed by atoms with Crippen LogP contribution in [0.5, 0.6) is 0 Å². The van der Waals surface area contributed by atoms with Crippen LogP contribution in [0.4, 0.5) is 11.4 Å². The molecule has 3 heteroatoms. The molecule has 0 bridgehead atoms. The third-order valence-electron chi connectivity index (χ3n) is 6.79. The van der Waals surface area contributed by atoms with E-state index in [2.05, 4.69) is 72.2 Å². The molecule has 1 heterocycles. The molecule has 2 aliphatic rings. The molecular formula is C29H27NO2. The fourth-order valence-electron chi connectivity index (χ4n) is 5.19. The van der Waals surface area contributed by atoms with Crippen LogP contribution in [0.15, 0.2) is 79.4 Å². The Balaban J connectivity index is 1.42. The number of carboxylic acid groups (broad SMARTS) is 1. The van der Waals surface area contributed by atoms with Gasteiger partial charge in [0.1, 0.15) is 0 Å². The van der Waals surface area contributed by atoms with Gasteiger partial charge in [-0.1, -0.05) is 80.1 Å². The van der Waals surface area contributed by atoms with Crippen molar-refractivity contribution in [1.82, 2.24) is 0 Å². The number of benzene rings is 3. The number of rotatable bonds is 5. The first-order chi connectivity index (χ1) is 15.6. The number of aliphatic carboxylic acids is 1. The highest BCUT2D eigenvalue weighted by Crippen LogP contribution is 2.51. The van der Waals surface area contributed by atoms with Crippen molar-refractivity contribution in [3.63, 3.8) is 0 Å². The summed E-state index contributed by atoms with van der Waals surface area (Å²) in [6.07, 6.45) is 9.32. The van der Waals surface area contributed by atoms with Gasteiger partial charge in [-0.2, -0.15) is 0 Å². The second kappa shape index (κ2) is 8.51. The van der Waals surface area contributed by atoms with Crippen LogP contribution in [0.25, 0.3) is 17.7 Å². The summed E-state index contributed by atoms with van der Waals surface area (Å²) in [6, 6.07) is 25.6. The third-order valence-corrected chi connectivity index (χ3v) is 6.79. The lowest BCUT2D eigenvalue weighted by molar-refractivity contribution is -0.130. The molecule has 3 aromatic rings. The fourth-order valence-corrected chi connectivity index (χ4v) is 5.19. The van der Waals surface area contributed by atoms with Crippen molar-refractivity contribution < 1.29 is 9.90 Å². The van der Waals surface area contributed by atoms with Crippen LogP contribution in [-0.4, -0.2) is 17.1 Å². The van der Waals surface area contributed by atoms with Gasteiger partial charge < -0.3 is 10.0 Å². The highest BCUT2D eigenvalue weighted by atomic mass is 16.4. The zero-order chi connectivity index (χ0) is 22.1. The van der Waals surface area contributed by atoms with Gasteiger partial charge >= 0.3 is 5.97 Å². The molecule has 2 atom stereocenters. The van der Waals surface area contributed by atoms with E-state index >= 15 is 0 Å². The summed E-state index contributed by atoms with van der Waals surface area (Å²) in [5.74, 6) is -0.398. The predicted molar refractivity (Wildman–Crippen MR) is 132 cm³/mol. The van der Waals surface area contributed by atoms with E-state index in [1.54, 1.807) is 0 Å². The van der Waals surface area contributed by atoms with Crippen molar-refractivity contribution in [3.05, 3.63) is 102 Å². The van der Waals surface area contributed by atoms with Gasteiger partial charge in [0.2, 0.25) is 0 Å². The molecule has 0 amide bonds. The number of para-hydroxylation sites is 1. The van der Waals surface area contributed by atoms with E-state index in [0.29, 0.717) is 17.5 Å². The maximum atomic E-state index is 11.1. The number of carbonyl (C=O) groups is 1. The van der Waals surface area contributed by atoms with Crippen LogP contribution in [-0.2, 0) is 4.79 Å². The van der Waals surface area contributed by atoms with E-state index in [1.165, 1.54) is 48.2 Å². The summed E-state index contributed by atoms with van der Waals surface area (Å²) in [5.41, 5.74) is 7.08. The minimum absolute atomic E-state index is 0.115.